The minimum absolute atomic E-state index is 0.000352. The molecule has 0 aromatic heterocycles. The minimum Gasteiger partial charge on any atom is -0.390 e. The van der Waals surface area contributed by atoms with Crippen molar-refractivity contribution in [3.8, 4) is 0 Å². The molecule has 3 unspecified atom stereocenters. The largest absolute Gasteiger partial charge is 0.390 e. The fourth-order valence-electron chi connectivity index (χ4n) is 7.00. The molecule has 3 N–H and O–H groups in total. The Bertz CT molecular complexity index is 539. The van der Waals surface area contributed by atoms with Crippen LogP contribution in [0.1, 0.15) is 65.7 Å². The summed E-state index contributed by atoms with van der Waals surface area (Å²) in [7, 11) is 0. The first kappa shape index (κ1) is 16.1. The standard InChI is InChI=1S/C20H32O3/c1-18-7-4-12(21)10-16(18)17(22)11-13-14(18)5-8-19(2)15(13)6-9-20(19,3)23/h10,12-15,17,21-23H,4-9,11H2,1-3H3/t12-,13?,14?,15?,17+,18+,19-,20-/m0/s1. The molecular weight excluding hydrogens is 288 g/mol. The van der Waals surface area contributed by atoms with Crippen LogP contribution in [0.15, 0.2) is 11.6 Å². The number of aliphatic hydroxyl groups is 3. The highest BCUT2D eigenvalue weighted by Crippen LogP contribution is 2.67. The summed E-state index contributed by atoms with van der Waals surface area (Å²) in [6.07, 6.45) is 7.99. The van der Waals surface area contributed by atoms with Crippen molar-refractivity contribution in [2.24, 2.45) is 28.6 Å². The number of hydrogen-bond acceptors (Lipinski definition) is 3. The molecule has 130 valence electrons. The number of aliphatic hydroxyl groups excluding tert-OH is 2. The Balaban J connectivity index is 1.72. The molecule has 0 spiro atoms. The summed E-state index contributed by atoms with van der Waals surface area (Å²) in [5.41, 5.74) is 0.579. The summed E-state index contributed by atoms with van der Waals surface area (Å²) in [5.74, 6) is 1.63. The molecule has 3 fully saturated rings. The van der Waals surface area contributed by atoms with Crippen LogP contribution in [0, 0.1) is 28.6 Å². The molecule has 8 atom stereocenters. The Hall–Kier alpha value is -0.380. The maximum absolute atomic E-state index is 10.9. The van der Waals surface area contributed by atoms with Crippen molar-refractivity contribution >= 4 is 0 Å². The normalized spacial score (nSPS) is 58.9. The van der Waals surface area contributed by atoms with E-state index in [-0.39, 0.29) is 16.9 Å². The molecule has 3 nitrogen and oxygen atoms in total. The van der Waals surface area contributed by atoms with Gasteiger partial charge in [-0.15, -0.1) is 0 Å². The van der Waals surface area contributed by atoms with Gasteiger partial charge in [0.25, 0.3) is 0 Å². The third kappa shape index (κ3) is 1.99. The molecule has 0 aromatic carbocycles. The van der Waals surface area contributed by atoms with E-state index in [0.29, 0.717) is 17.8 Å². The van der Waals surface area contributed by atoms with Gasteiger partial charge >= 0.3 is 0 Å². The molecule has 0 saturated heterocycles. The van der Waals surface area contributed by atoms with Gasteiger partial charge in [0.1, 0.15) is 0 Å². The summed E-state index contributed by atoms with van der Waals surface area (Å²) in [5, 5.41) is 31.8. The van der Waals surface area contributed by atoms with Gasteiger partial charge in [0.2, 0.25) is 0 Å². The van der Waals surface area contributed by atoms with E-state index >= 15 is 0 Å². The van der Waals surface area contributed by atoms with E-state index in [1.165, 1.54) is 0 Å². The predicted molar refractivity (Wildman–Crippen MR) is 89.7 cm³/mol. The second kappa shape index (κ2) is 4.83. The molecule has 3 heteroatoms. The van der Waals surface area contributed by atoms with Crippen molar-refractivity contribution in [2.45, 2.75) is 83.5 Å². The molecule has 3 saturated carbocycles. The highest BCUT2D eigenvalue weighted by atomic mass is 16.3. The minimum atomic E-state index is -0.562. The maximum atomic E-state index is 10.9. The summed E-state index contributed by atoms with van der Waals surface area (Å²) in [4.78, 5) is 0. The van der Waals surface area contributed by atoms with E-state index in [0.717, 1.165) is 50.5 Å². The van der Waals surface area contributed by atoms with Gasteiger partial charge in [-0.1, -0.05) is 19.9 Å². The quantitative estimate of drug-likeness (QED) is 0.601. The van der Waals surface area contributed by atoms with Crippen molar-refractivity contribution in [3.05, 3.63) is 11.6 Å². The van der Waals surface area contributed by atoms with Crippen molar-refractivity contribution in [1.29, 1.82) is 0 Å². The molecule has 4 rings (SSSR count). The monoisotopic (exact) mass is 320 g/mol. The zero-order valence-electron chi connectivity index (χ0n) is 14.8. The number of hydrogen-bond donors (Lipinski definition) is 3. The van der Waals surface area contributed by atoms with Crippen LogP contribution in [0.2, 0.25) is 0 Å². The fraction of sp³-hybridized carbons (Fsp3) is 0.900. The van der Waals surface area contributed by atoms with Crippen LogP contribution >= 0.6 is 0 Å². The van der Waals surface area contributed by atoms with Gasteiger partial charge in [0.05, 0.1) is 17.8 Å². The molecular formula is C20H32O3. The van der Waals surface area contributed by atoms with E-state index in [1.807, 2.05) is 13.0 Å². The zero-order chi connectivity index (χ0) is 16.6. The summed E-state index contributed by atoms with van der Waals surface area (Å²) in [6, 6.07) is 0. The molecule has 0 aliphatic heterocycles. The molecule has 4 aliphatic carbocycles. The molecule has 0 aromatic rings. The lowest BCUT2D eigenvalue weighted by Crippen LogP contribution is -2.56. The van der Waals surface area contributed by atoms with E-state index in [1.54, 1.807) is 0 Å². The van der Waals surface area contributed by atoms with Crippen molar-refractivity contribution < 1.29 is 15.3 Å². The number of fused-ring (bicyclic) bond motifs is 5. The maximum Gasteiger partial charge on any atom is 0.0759 e. The van der Waals surface area contributed by atoms with E-state index in [9.17, 15) is 15.3 Å². The highest BCUT2D eigenvalue weighted by Gasteiger charge is 2.63. The van der Waals surface area contributed by atoms with Gasteiger partial charge in [0, 0.05) is 0 Å². The van der Waals surface area contributed by atoms with Gasteiger partial charge in [-0.3, -0.25) is 0 Å². The Labute approximate surface area is 139 Å². The van der Waals surface area contributed by atoms with E-state index in [2.05, 4.69) is 13.8 Å². The van der Waals surface area contributed by atoms with Gasteiger partial charge in [-0.2, -0.15) is 0 Å². The van der Waals surface area contributed by atoms with Crippen molar-refractivity contribution in [3.63, 3.8) is 0 Å². The van der Waals surface area contributed by atoms with E-state index in [4.69, 9.17) is 0 Å². The van der Waals surface area contributed by atoms with Crippen LogP contribution in [0.3, 0.4) is 0 Å². The van der Waals surface area contributed by atoms with Crippen LogP contribution < -0.4 is 0 Å². The lowest BCUT2D eigenvalue weighted by atomic mass is 9.46. The van der Waals surface area contributed by atoms with Crippen molar-refractivity contribution in [1.82, 2.24) is 0 Å². The zero-order valence-corrected chi connectivity index (χ0v) is 14.8. The highest BCUT2D eigenvalue weighted by molar-refractivity contribution is 5.29. The lowest BCUT2D eigenvalue weighted by molar-refractivity contribution is -0.130. The first-order valence-electron chi connectivity index (χ1n) is 9.50. The van der Waals surface area contributed by atoms with Crippen LogP contribution in [-0.2, 0) is 0 Å². The topological polar surface area (TPSA) is 60.7 Å². The molecule has 0 amide bonds. The molecule has 4 aliphatic rings. The van der Waals surface area contributed by atoms with Gasteiger partial charge in [0.15, 0.2) is 0 Å². The average molecular weight is 320 g/mol. The van der Waals surface area contributed by atoms with Crippen LogP contribution in [0.25, 0.3) is 0 Å². The molecule has 0 radical (unpaired) electrons. The van der Waals surface area contributed by atoms with Crippen LogP contribution in [0.5, 0.6) is 0 Å². The molecule has 0 heterocycles. The molecule has 0 bridgehead atoms. The third-order valence-corrected chi connectivity index (χ3v) is 8.66. The second-order valence-corrected chi connectivity index (χ2v) is 9.54. The SMILES string of the molecule is C[C@]12CC[C@H](O)C=C1[C@H](O)CC1C2CC[C@@]2(C)C1CC[C@]2(C)O. The first-order valence-corrected chi connectivity index (χ1v) is 9.50. The fourth-order valence-corrected chi connectivity index (χ4v) is 7.00. The average Bonchev–Trinajstić information content (AvgIpc) is 2.72. The van der Waals surface area contributed by atoms with Crippen LogP contribution in [0.4, 0.5) is 0 Å². The molecule has 23 heavy (non-hydrogen) atoms. The number of rotatable bonds is 0. The first-order chi connectivity index (χ1) is 10.7. The second-order valence-electron chi connectivity index (χ2n) is 9.54. The van der Waals surface area contributed by atoms with E-state index < -0.39 is 11.7 Å². The summed E-state index contributed by atoms with van der Waals surface area (Å²) < 4.78 is 0. The Morgan fingerprint density at radius 2 is 1.65 bits per heavy atom. The summed E-state index contributed by atoms with van der Waals surface area (Å²) in [6.45, 7) is 6.63. The van der Waals surface area contributed by atoms with Gasteiger partial charge < -0.3 is 15.3 Å². The third-order valence-electron chi connectivity index (χ3n) is 8.66. The van der Waals surface area contributed by atoms with Gasteiger partial charge in [-0.05, 0) is 86.0 Å². The Morgan fingerprint density at radius 3 is 2.39 bits per heavy atom. The lowest BCUT2D eigenvalue weighted by Gasteiger charge is -2.60. The van der Waals surface area contributed by atoms with Crippen LogP contribution in [-0.4, -0.2) is 33.1 Å². The summed E-state index contributed by atoms with van der Waals surface area (Å²) >= 11 is 0. The smallest absolute Gasteiger partial charge is 0.0759 e. The Kier molecular flexibility index (Phi) is 3.38. The van der Waals surface area contributed by atoms with Gasteiger partial charge in [-0.25, -0.2) is 0 Å². The predicted octanol–water partition coefficient (Wildman–Crippen LogP) is 3.03. The van der Waals surface area contributed by atoms with Crippen molar-refractivity contribution in [2.75, 3.05) is 0 Å². The Morgan fingerprint density at radius 1 is 0.957 bits per heavy atom.